The third-order valence-corrected chi connectivity index (χ3v) is 2.84. The highest BCUT2D eigenvalue weighted by atomic mass is 35.5. The summed E-state index contributed by atoms with van der Waals surface area (Å²) < 4.78 is 5.14. The minimum Gasteiger partial charge on any atom is -0.497 e. The monoisotopic (exact) mass is 258 g/mol. The number of likely N-dealkylation sites (N-methyl/N-ethyl adjacent to an activating group) is 1. The molecule has 0 aliphatic carbocycles. The number of halogens is 1. The summed E-state index contributed by atoms with van der Waals surface area (Å²) in [6.07, 6.45) is 0. The second-order valence-corrected chi connectivity index (χ2v) is 4.37. The number of methoxy groups -OCH3 is 1. The summed E-state index contributed by atoms with van der Waals surface area (Å²) in [5, 5.41) is 0. The zero-order valence-corrected chi connectivity index (χ0v) is 11.8. The van der Waals surface area contributed by atoms with Crippen LogP contribution in [-0.2, 0) is 0 Å². The Hall–Kier alpha value is -0.770. The maximum Gasteiger partial charge on any atom is 0.118 e. The molecule has 4 heteroatoms. The van der Waals surface area contributed by atoms with E-state index in [0.29, 0.717) is 6.04 Å². The van der Waals surface area contributed by atoms with E-state index >= 15 is 0 Å². The molecule has 1 aromatic carbocycles. The summed E-state index contributed by atoms with van der Waals surface area (Å²) in [6.45, 7) is 5.11. The molecule has 0 spiro atoms. The molecule has 17 heavy (non-hydrogen) atoms. The fourth-order valence-corrected chi connectivity index (χ4v) is 1.75. The van der Waals surface area contributed by atoms with Gasteiger partial charge in [-0.15, -0.1) is 12.4 Å². The third kappa shape index (κ3) is 4.94. The molecule has 2 atom stereocenters. The van der Waals surface area contributed by atoms with Gasteiger partial charge in [0.05, 0.1) is 7.11 Å². The highest BCUT2D eigenvalue weighted by Gasteiger charge is 2.12. The normalized spacial score (nSPS) is 14.0. The van der Waals surface area contributed by atoms with E-state index in [4.69, 9.17) is 10.5 Å². The predicted molar refractivity (Wildman–Crippen MR) is 74.9 cm³/mol. The van der Waals surface area contributed by atoms with Crippen LogP contribution in [0.5, 0.6) is 5.75 Å². The Labute approximate surface area is 110 Å². The van der Waals surface area contributed by atoms with Crippen LogP contribution >= 0.6 is 12.4 Å². The summed E-state index contributed by atoms with van der Waals surface area (Å²) in [4.78, 5) is 2.26. The first-order valence-electron chi connectivity index (χ1n) is 5.64. The zero-order chi connectivity index (χ0) is 12.1. The van der Waals surface area contributed by atoms with Crippen molar-refractivity contribution in [2.45, 2.75) is 25.9 Å². The van der Waals surface area contributed by atoms with Crippen LogP contribution in [0.4, 0.5) is 0 Å². The topological polar surface area (TPSA) is 38.5 Å². The number of nitrogens with two attached hydrogens (primary N) is 1. The van der Waals surface area contributed by atoms with Crippen molar-refractivity contribution in [2.75, 3.05) is 20.7 Å². The lowest BCUT2D eigenvalue weighted by molar-refractivity contribution is 0.249. The Morgan fingerprint density at radius 3 is 2.18 bits per heavy atom. The van der Waals surface area contributed by atoms with Gasteiger partial charge in [-0.05, 0) is 38.6 Å². The molecule has 0 radical (unpaired) electrons. The fourth-order valence-electron chi connectivity index (χ4n) is 1.75. The molecule has 1 rings (SSSR count). The second-order valence-electron chi connectivity index (χ2n) is 4.37. The number of nitrogens with zero attached hydrogens (tertiary/aromatic N) is 1. The van der Waals surface area contributed by atoms with Gasteiger partial charge < -0.3 is 10.5 Å². The van der Waals surface area contributed by atoms with E-state index in [2.05, 4.69) is 31.0 Å². The Morgan fingerprint density at radius 1 is 1.24 bits per heavy atom. The van der Waals surface area contributed by atoms with Crippen molar-refractivity contribution in [2.24, 2.45) is 5.73 Å². The molecular formula is C13H23ClN2O. The minimum atomic E-state index is 0. The van der Waals surface area contributed by atoms with Crippen LogP contribution in [0.3, 0.4) is 0 Å². The molecule has 0 saturated heterocycles. The van der Waals surface area contributed by atoms with Crippen LogP contribution in [0.2, 0.25) is 0 Å². The molecular weight excluding hydrogens is 236 g/mol. The maximum atomic E-state index is 5.79. The third-order valence-electron chi connectivity index (χ3n) is 2.84. The lowest BCUT2D eigenvalue weighted by Crippen LogP contribution is -2.34. The van der Waals surface area contributed by atoms with Gasteiger partial charge in [-0.2, -0.15) is 0 Å². The Balaban J connectivity index is 0.00000256. The first-order chi connectivity index (χ1) is 7.54. The molecule has 3 nitrogen and oxygen atoms in total. The summed E-state index contributed by atoms with van der Waals surface area (Å²) >= 11 is 0. The Bertz CT molecular complexity index is 314. The molecule has 0 amide bonds. The van der Waals surface area contributed by atoms with Crippen LogP contribution in [-0.4, -0.2) is 31.6 Å². The molecule has 0 aliphatic rings. The van der Waals surface area contributed by atoms with E-state index < -0.39 is 0 Å². The van der Waals surface area contributed by atoms with Gasteiger partial charge in [-0.25, -0.2) is 0 Å². The number of benzene rings is 1. The SMILES string of the molecule is COc1ccc(C(C)N(C)CC(C)N)cc1.Cl. The van der Waals surface area contributed by atoms with Gasteiger partial charge >= 0.3 is 0 Å². The maximum absolute atomic E-state index is 5.79. The lowest BCUT2D eigenvalue weighted by Gasteiger charge is -2.26. The van der Waals surface area contributed by atoms with Crippen LogP contribution < -0.4 is 10.5 Å². The van der Waals surface area contributed by atoms with Crippen molar-refractivity contribution >= 4 is 12.4 Å². The summed E-state index contributed by atoms with van der Waals surface area (Å²) in [5.74, 6) is 0.894. The van der Waals surface area contributed by atoms with Crippen LogP contribution in [0, 0.1) is 0 Å². The van der Waals surface area contributed by atoms with E-state index in [1.807, 2.05) is 19.1 Å². The van der Waals surface area contributed by atoms with Crippen molar-refractivity contribution in [3.8, 4) is 5.75 Å². The van der Waals surface area contributed by atoms with Gasteiger partial charge in [0, 0.05) is 18.6 Å². The fraction of sp³-hybridized carbons (Fsp3) is 0.538. The highest BCUT2D eigenvalue weighted by Crippen LogP contribution is 2.21. The van der Waals surface area contributed by atoms with E-state index in [-0.39, 0.29) is 18.4 Å². The van der Waals surface area contributed by atoms with Crippen LogP contribution in [0.25, 0.3) is 0 Å². The molecule has 0 bridgehead atoms. The van der Waals surface area contributed by atoms with E-state index in [1.165, 1.54) is 5.56 Å². The van der Waals surface area contributed by atoms with Gasteiger partial charge in [0.15, 0.2) is 0 Å². The molecule has 0 fully saturated rings. The van der Waals surface area contributed by atoms with Gasteiger partial charge in [-0.3, -0.25) is 4.90 Å². The number of hydrogen-bond donors (Lipinski definition) is 1. The molecule has 0 aromatic heterocycles. The average Bonchev–Trinajstić information content (AvgIpc) is 2.27. The first-order valence-corrected chi connectivity index (χ1v) is 5.64. The second kappa shape index (κ2) is 7.54. The molecule has 1 aromatic rings. The quantitative estimate of drug-likeness (QED) is 0.882. The summed E-state index contributed by atoms with van der Waals surface area (Å²) in [7, 11) is 3.78. The molecule has 98 valence electrons. The summed E-state index contributed by atoms with van der Waals surface area (Å²) in [6, 6.07) is 8.75. The molecule has 2 unspecified atom stereocenters. The largest absolute Gasteiger partial charge is 0.497 e. The predicted octanol–water partition coefficient (Wildman–Crippen LogP) is 2.46. The molecule has 0 heterocycles. The molecule has 0 aliphatic heterocycles. The lowest BCUT2D eigenvalue weighted by atomic mass is 10.1. The van der Waals surface area contributed by atoms with Crippen molar-refractivity contribution in [1.82, 2.24) is 4.90 Å². The standard InChI is InChI=1S/C13H22N2O.ClH/c1-10(14)9-15(3)11(2)12-5-7-13(16-4)8-6-12;/h5-8,10-11H,9,14H2,1-4H3;1H. The van der Waals surface area contributed by atoms with Gasteiger partial charge in [-0.1, -0.05) is 12.1 Å². The van der Waals surface area contributed by atoms with Gasteiger partial charge in [0.2, 0.25) is 0 Å². The van der Waals surface area contributed by atoms with E-state index in [0.717, 1.165) is 12.3 Å². The Morgan fingerprint density at radius 2 is 1.76 bits per heavy atom. The van der Waals surface area contributed by atoms with E-state index in [9.17, 15) is 0 Å². The first kappa shape index (κ1) is 16.2. The summed E-state index contributed by atoms with van der Waals surface area (Å²) in [5.41, 5.74) is 7.07. The van der Waals surface area contributed by atoms with Crippen molar-refractivity contribution < 1.29 is 4.74 Å². The number of hydrogen-bond acceptors (Lipinski definition) is 3. The average molecular weight is 259 g/mol. The van der Waals surface area contributed by atoms with E-state index in [1.54, 1.807) is 7.11 Å². The molecule has 0 saturated carbocycles. The Kier molecular flexibility index (Phi) is 7.19. The van der Waals surface area contributed by atoms with Gasteiger partial charge in [0.25, 0.3) is 0 Å². The van der Waals surface area contributed by atoms with Gasteiger partial charge in [0.1, 0.15) is 5.75 Å². The van der Waals surface area contributed by atoms with Crippen molar-refractivity contribution in [3.63, 3.8) is 0 Å². The van der Waals surface area contributed by atoms with Crippen molar-refractivity contribution in [1.29, 1.82) is 0 Å². The number of ether oxygens (including phenoxy) is 1. The number of rotatable bonds is 5. The minimum absolute atomic E-state index is 0. The van der Waals surface area contributed by atoms with Crippen LogP contribution in [0.15, 0.2) is 24.3 Å². The van der Waals surface area contributed by atoms with Crippen molar-refractivity contribution in [3.05, 3.63) is 29.8 Å². The zero-order valence-electron chi connectivity index (χ0n) is 11.0. The highest BCUT2D eigenvalue weighted by molar-refractivity contribution is 5.85. The molecule has 2 N–H and O–H groups in total. The van der Waals surface area contributed by atoms with Crippen LogP contribution in [0.1, 0.15) is 25.5 Å². The smallest absolute Gasteiger partial charge is 0.118 e.